The first-order valence-corrected chi connectivity index (χ1v) is 8.46. The van der Waals surface area contributed by atoms with Crippen LogP contribution in [0.15, 0.2) is 12.1 Å². The summed E-state index contributed by atoms with van der Waals surface area (Å²) in [6, 6.07) is 3.67. The van der Waals surface area contributed by atoms with E-state index in [1.54, 1.807) is 6.07 Å². The maximum absolute atomic E-state index is 10.6. The molecule has 0 radical (unpaired) electrons. The number of piperidine rings is 1. The van der Waals surface area contributed by atoms with Gasteiger partial charge < -0.3 is 19.3 Å². The van der Waals surface area contributed by atoms with Crippen molar-refractivity contribution in [1.82, 2.24) is 4.90 Å². The standard InChI is InChI=1S/C19H29NO4/c1-19(2,3)24-18-11-20-7-6-12-8-16(22-4)17(23-5)9-13(12)14(20)10-15(18)21/h8-9,14-15,18,21H,6-7,10-11H2,1-5H3/i4D3. The van der Waals surface area contributed by atoms with E-state index in [-0.39, 0.29) is 23.5 Å². The minimum atomic E-state index is -2.53. The van der Waals surface area contributed by atoms with Gasteiger partial charge >= 0.3 is 0 Å². The van der Waals surface area contributed by atoms with Crippen molar-refractivity contribution in [3.63, 3.8) is 0 Å². The highest BCUT2D eigenvalue weighted by atomic mass is 16.5. The average molecular weight is 338 g/mol. The van der Waals surface area contributed by atoms with Crippen molar-refractivity contribution in [3.05, 3.63) is 23.3 Å². The minimum Gasteiger partial charge on any atom is -0.493 e. The van der Waals surface area contributed by atoms with E-state index in [0.717, 1.165) is 24.1 Å². The van der Waals surface area contributed by atoms with Crippen molar-refractivity contribution in [2.24, 2.45) is 0 Å². The highest BCUT2D eigenvalue weighted by molar-refractivity contribution is 5.49. The molecular weight excluding hydrogens is 306 g/mol. The average Bonchev–Trinajstić information content (AvgIpc) is 2.52. The van der Waals surface area contributed by atoms with Crippen LogP contribution < -0.4 is 9.47 Å². The van der Waals surface area contributed by atoms with E-state index < -0.39 is 13.1 Å². The van der Waals surface area contributed by atoms with E-state index in [4.69, 9.17) is 18.3 Å². The third-order valence-electron chi connectivity index (χ3n) is 4.82. The molecule has 0 spiro atoms. The number of benzene rings is 1. The fourth-order valence-corrected chi connectivity index (χ4v) is 3.80. The van der Waals surface area contributed by atoms with E-state index >= 15 is 0 Å². The van der Waals surface area contributed by atoms with Crippen LogP contribution in [0.5, 0.6) is 11.5 Å². The van der Waals surface area contributed by atoms with Gasteiger partial charge in [0.1, 0.15) is 0 Å². The number of ether oxygens (including phenoxy) is 3. The van der Waals surface area contributed by atoms with Crippen LogP contribution in [0, 0.1) is 0 Å². The monoisotopic (exact) mass is 338 g/mol. The van der Waals surface area contributed by atoms with Crippen molar-refractivity contribution in [2.45, 2.75) is 57.5 Å². The van der Waals surface area contributed by atoms with Crippen LogP contribution in [-0.4, -0.2) is 55.1 Å². The van der Waals surface area contributed by atoms with Gasteiger partial charge in [-0.15, -0.1) is 0 Å². The first kappa shape index (κ1) is 13.9. The summed E-state index contributed by atoms with van der Waals surface area (Å²) in [6.45, 7) is 7.48. The summed E-state index contributed by atoms with van der Waals surface area (Å²) in [5.41, 5.74) is 1.79. The first-order chi connectivity index (χ1) is 12.5. The van der Waals surface area contributed by atoms with Crippen LogP contribution in [0.4, 0.5) is 0 Å². The van der Waals surface area contributed by atoms with E-state index in [1.807, 2.05) is 26.8 Å². The third-order valence-corrected chi connectivity index (χ3v) is 4.82. The number of aliphatic hydroxyl groups is 1. The number of aliphatic hydroxyl groups excluding tert-OH is 1. The number of hydrogen-bond acceptors (Lipinski definition) is 5. The number of rotatable bonds is 3. The summed E-state index contributed by atoms with van der Waals surface area (Å²) in [4.78, 5) is 2.33. The van der Waals surface area contributed by atoms with E-state index in [9.17, 15) is 5.11 Å². The van der Waals surface area contributed by atoms with Gasteiger partial charge in [0.05, 0.1) is 36.1 Å². The van der Waals surface area contributed by atoms with Crippen molar-refractivity contribution < 1.29 is 23.4 Å². The molecule has 0 bridgehead atoms. The van der Waals surface area contributed by atoms with Crippen molar-refractivity contribution in [3.8, 4) is 11.5 Å². The summed E-state index contributed by atoms with van der Waals surface area (Å²) >= 11 is 0. The second-order valence-corrected chi connectivity index (χ2v) is 7.64. The molecule has 2 heterocycles. The predicted molar refractivity (Wildman–Crippen MR) is 92.8 cm³/mol. The minimum absolute atomic E-state index is 0.0549. The summed E-state index contributed by atoms with van der Waals surface area (Å²) in [5.74, 6) is 0.629. The molecule has 2 aliphatic rings. The lowest BCUT2D eigenvalue weighted by Crippen LogP contribution is -2.53. The van der Waals surface area contributed by atoms with Crippen molar-refractivity contribution in [1.29, 1.82) is 0 Å². The summed E-state index contributed by atoms with van der Waals surface area (Å²) in [6.07, 6.45) is 0.575. The second-order valence-electron chi connectivity index (χ2n) is 7.64. The van der Waals surface area contributed by atoms with Gasteiger partial charge in [-0.1, -0.05) is 0 Å². The Morgan fingerprint density at radius 2 is 2.00 bits per heavy atom. The molecule has 24 heavy (non-hydrogen) atoms. The first-order valence-electron chi connectivity index (χ1n) is 9.96. The molecule has 3 rings (SSSR count). The number of nitrogens with zero attached hydrogens (tertiary/aromatic N) is 1. The molecule has 1 aromatic carbocycles. The molecule has 0 amide bonds. The molecule has 0 aromatic heterocycles. The maximum Gasteiger partial charge on any atom is 0.161 e. The highest BCUT2D eigenvalue weighted by Crippen LogP contribution is 2.42. The van der Waals surface area contributed by atoms with Gasteiger partial charge in [0.2, 0.25) is 0 Å². The molecule has 1 saturated heterocycles. The highest BCUT2D eigenvalue weighted by Gasteiger charge is 2.40. The number of methoxy groups -OCH3 is 2. The second kappa shape index (κ2) is 6.54. The molecule has 0 aliphatic carbocycles. The lowest BCUT2D eigenvalue weighted by atomic mass is 9.84. The fraction of sp³-hybridized carbons (Fsp3) is 0.684. The molecular formula is C19H29NO4. The third kappa shape index (κ3) is 3.39. The Hall–Kier alpha value is -1.30. The van der Waals surface area contributed by atoms with Crippen LogP contribution >= 0.6 is 0 Å². The van der Waals surface area contributed by atoms with Crippen molar-refractivity contribution in [2.75, 3.05) is 27.2 Å². The molecule has 3 atom stereocenters. The zero-order chi connectivity index (χ0) is 20.0. The lowest BCUT2D eigenvalue weighted by molar-refractivity contribution is -0.149. The number of fused-ring (bicyclic) bond motifs is 3. The molecule has 2 aliphatic heterocycles. The van der Waals surface area contributed by atoms with Crippen LogP contribution in [0.2, 0.25) is 0 Å². The Morgan fingerprint density at radius 1 is 1.25 bits per heavy atom. The Kier molecular flexibility index (Phi) is 3.80. The molecule has 134 valence electrons. The van der Waals surface area contributed by atoms with E-state index in [1.165, 1.54) is 7.11 Å². The Bertz CT molecular complexity index is 687. The number of hydrogen-bond donors (Lipinski definition) is 1. The SMILES string of the molecule is [2H]C([2H])([2H])Oc1cc2c(cc1OC)C1CC(O)C(OC(C)(C)C)CN1CC2. The zero-order valence-corrected chi connectivity index (χ0v) is 14.8. The summed E-state index contributed by atoms with van der Waals surface area (Å²) < 4.78 is 38.6. The molecule has 0 saturated carbocycles. The smallest absolute Gasteiger partial charge is 0.161 e. The summed E-state index contributed by atoms with van der Waals surface area (Å²) in [7, 11) is -1.03. The van der Waals surface area contributed by atoms with Crippen LogP contribution in [0.3, 0.4) is 0 Å². The summed E-state index contributed by atoms with van der Waals surface area (Å²) in [5, 5.41) is 10.6. The van der Waals surface area contributed by atoms with Gasteiger partial charge in [-0.2, -0.15) is 0 Å². The van der Waals surface area contributed by atoms with Crippen LogP contribution in [0.1, 0.15) is 48.5 Å². The normalized spacial score (nSPS) is 29.7. The Balaban J connectivity index is 1.86. The quantitative estimate of drug-likeness (QED) is 0.918. The molecule has 1 aromatic rings. The van der Waals surface area contributed by atoms with Crippen LogP contribution in [-0.2, 0) is 11.2 Å². The van der Waals surface area contributed by atoms with Crippen LogP contribution in [0.25, 0.3) is 0 Å². The molecule has 3 unspecified atom stereocenters. The van der Waals surface area contributed by atoms with Gasteiger partial charge in [-0.05, 0) is 56.9 Å². The molecule has 1 fully saturated rings. The fourth-order valence-electron chi connectivity index (χ4n) is 3.80. The van der Waals surface area contributed by atoms with Gasteiger partial charge in [0.25, 0.3) is 0 Å². The van der Waals surface area contributed by atoms with Gasteiger partial charge in [0.15, 0.2) is 11.5 Å². The van der Waals surface area contributed by atoms with E-state index in [2.05, 4.69) is 4.90 Å². The van der Waals surface area contributed by atoms with Crippen molar-refractivity contribution >= 4 is 0 Å². The lowest BCUT2D eigenvalue weighted by Gasteiger charge is -2.46. The Labute approximate surface area is 148 Å². The molecule has 5 heteroatoms. The van der Waals surface area contributed by atoms with Gasteiger partial charge in [0, 0.05) is 19.1 Å². The van der Waals surface area contributed by atoms with Gasteiger partial charge in [-0.25, -0.2) is 0 Å². The zero-order valence-electron chi connectivity index (χ0n) is 17.8. The Morgan fingerprint density at radius 3 is 2.67 bits per heavy atom. The molecule has 1 N–H and O–H groups in total. The van der Waals surface area contributed by atoms with Gasteiger partial charge in [-0.3, -0.25) is 4.90 Å². The maximum atomic E-state index is 10.6. The predicted octanol–water partition coefficient (Wildman–Crippen LogP) is 2.55. The topological polar surface area (TPSA) is 51.2 Å². The largest absolute Gasteiger partial charge is 0.493 e. The van der Waals surface area contributed by atoms with E-state index in [0.29, 0.717) is 18.7 Å². The molecule has 5 nitrogen and oxygen atoms in total.